The fourth-order valence-electron chi connectivity index (χ4n) is 1.98. The number of halogens is 1. The SMILES string of the molecule is O=C(Nc1ccc(C(=O)O)cc1Cl)NC1CCCNC1=O. The van der Waals surface area contributed by atoms with Gasteiger partial charge in [0.05, 0.1) is 16.3 Å². The minimum Gasteiger partial charge on any atom is -0.478 e. The highest BCUT2D eigenvalue weighted by molar-refractivity contribution is 6.34. The molecule has 1 fully saturated rings. The maximum Gasteiger partial charge on any atom is 0.335 e. The summed E-state index contributed by atoms with van der Waals surface area (Å²) in [4.78, 5) is 34.1. The Hall–Kier alpha value is -2.28. The first-order valence-electron chi connectivity index (χ1n) is 6.35. The second-order valence-electron chi connectivity index (χ2n) is 4.58. The lowest BCUT2D eigenvalue weighted by atomic mass is 10.1. The van der Waals surface area contributed by atoms with E-state index in [9.17, 15) is 14.4 Å². The normalized spacial score (nSPS) is 17.8. The Morgan fingerprint density at radius 2 is 2.14 bits per heavy atom. The average Bonchev–Trinajstić information content (AvgIpc) is 2.43. The molecule has 112 valence electrons. The van der Waals surface area contributed by atoms with Gasteiger partial charge in [-0.1, -0.05) is 11.6 Å². The van der Waals surface area contributed by atoms with Crippen LogP contribution in [0.1, 0.15) is 23.2 Å². The number of carboxylic acids is 1. The Morgan fingerprint density at radius 3 is 2.76 bits per heavy atom. The highest BCUT2D eigenvalue weighted by atomic mass is 35.5. The van der Waals surface area contributed by atoms with Crippen molar-refractivity contribution in [3.05, 3.63) is 28.8 Å². The molecule has 0 aliphatic carbocycles. The summed E-state index contributed by atoms with van der Waals surface area (Å²) in [5.74, 6) is -1.32. The molecule has 1 heterocycles. The molecule has 0 radical (unpaired) electrons. The number of hydrogen-bond acceptors (Lipinski definition) is 3. The van der Waals surface area contributed by atoms with Crippen molar-refractivity contribution in [2.75, 3.05) is 11.9 Å². The molecule has 0 aromatic heterocycles. The zero-order valence-electron chi connectivity index (χ0n) is 11.0. The predicted molar refractivity (Wildman–Crippen MR) is 76.6 cm³/mol. The summed E-state index contributed by atoms with van der Waals surface area (Å²) in [6.45, 7) is 0.612. The maximum absolute atomic E-state index is 11.8. The lowest BCUT2D eigenvalue weighted by Crippen LogP contribution is -2.51. The number of rotatable bonds is 3. The summed E-state index contributed by atoms with van der Waals surface area (Å²) >= 11 is 5.90. The molecule has 7 nitrogen and oxygen atoms in total. The Labute approximate surface area is 125 Å². The summed E-state index contributed by atoms with van der Waals surface area (Å²) < 4.78 is 0. The van der Waals surface area contributed by atoms with Gasteiger partial charge in [-0.3, -0.25) is 4.79 Å². The van der Waals surface area contributed by atoms with Crippen molar-refractivity contribution in [3.8, 4) is 0 Å². The van der Waals surface area contributed by atoms with Crippen LogP contribution in [0.2, 0.25) is 5.02 Å². The molecule has 0 spiro atoms. The Morgan fingerprint density at radius 1 is 1.38 bits per heavy atom. The van der Waals surface area contributed by atoms with E-state index in [1.54, 1.807) is 0 Å². The first-order chi connectivity index (χ1) is 9.97. The minimum absolute atomic E-state index is 0.0256. The van der Waals surface area contributed by atoms with E-state index in [1.165, 1.54) is 18.2 Å². The van der Waals surface area contributed by atoms with E-state index in [0.717, 1.165) is 6.42 Å². The standard InChI is InChI=1S/C13H14ClN3O4/c14-8-6-7(12(19)20)3-4-9(8)16-13(21)17-10-2-1-5-15-11(10)18/h3-4,6,10H,1-2,5H2,(H,15,18)(H,19,20)(H2,16,17,21). The summed E-state index contributed by atoms with van der Waals surface area (Å²) in [6.07, 6.45) is 1.37. The second kappa shape index (κ2) is 6.45. The third kappa shape index (κ3) is 3.85. The van der Waals surface area contributed by atoms with Gasteiger partial charge in [-0.15, -0.1) is 0 Å². The number of carbonyl (C=O) groups is 3. The molecule has 8 heteroatoms. The van der Waals surface area contributed by atoms with Crippen molar-refractivity contribution in [3.63, 3.8) is 0 Å². The topological polar surface area (TPSA) is 108 Å². The maximum atomic E-state index is 11.8. The first-order valence-corrected chi connectivity index (χ1v) is 6.73. The number of aromatic carboxylic acids is 1. The van der Waals surface area contributed by atoms with Gasteiger partial charge in [-0.2, -0.15) is 0 Å². The molecule has 4 N–H and O–H groups in total. The van der Waals surface area contributed by atoms with E-state index in [0.29, 0.717) is 13.0 Å². The van der Waals surface area contributed by atoms with Crippen LogP contribution in [0.5, 0.6) is 0 Å². The molecule has 1 saturated heterocycles. The van der Waals surface area contributed by atoms with Crippen LogP contribution in [-0.4, -0.2) is 35.6 Å². The molecular weight excluding hydrogens is 298 g/mol. The van der Waals surface area contributed by atoms with Gasteiger partial charge in [-0.25, -0.2) is 9.59 Å². The average molecular weight is 312 g/mol. The lowest BCUT2D eigenvalue weighted by Gasteiger charge is -2.23. The van der Waals surface area contributed by atoms with E-state index in [2.05, 4.69) is 16.0 Å². The van der Waals surface area contributed by atoms with E-state index >= 15 is 0 Å². The van der Waals surface area contributed by atoms with Crippen molar-refractivity contribution in [1.29, 1.82) is 0 Å². The third-order valence-electron chi connectivity index (χ3n) is 3.05. The summed E-state index contributed by atoms with van der Waals surface area (Å²) in [6, 6.07) is 2.83. The lowest BCUT2D eigenvalue weighted by molar-refractivity contribution is -0.124. The highest BCUT2D eigenvalue weighted by Gasteiger charge is 2.23. The predicted octanol–water partition coefficient (Wildman–Crippen LogP) is 1.44. The van der Waals surface area contributed by atoms with Gasteiger partial charge in [0.1, 0.15) is 6.04 Å². The summed E-state index contributed by atoms with van der Waals surface area (Å²) in [5.41, 5.74) is 0.299. The van der Waals surface area contributed by atoms with Gasteiger partial charge < -0.3 is 21.1 Å². The number of anilines is 1. The molecule has 1 unspecified atom stereocenters. The molecule has 1 aromatic carbocycles. The quantitative estimate of drug-likeness (QED) is 0.677. The van der Waals surface area contributed by atoms with Gasteiger partial charge in [-0.05, 0) is 31.0 Å². The Bertz CT molecular complexity index is 591. The van der Waals surface area contributed by atoms with Crippen LogP contribution in [0.15, 0.2) is 18.2 Å². The van der Waals surface area contributed by atoms with Gasteiger partial charge in [0.2, 0.25) is 5.91 Å². The first kappa shape index (κ1) is 15.1. The van der Waals surface area contributed by atoms with Crippen LogP contribution in [0.25, 0.3) is 0 Å². The van der Waals surface area contributed by atoms with Gasteiger partial charge in [0.25, 0.3) is 0 Å². The molecule has 1 aromatic rings. The molecule has 1 atom stereocenters. The molecule has 21 heavy (non-hydrogen) atoms. The van der Waals surface area contributed by atoms with Crippen molar-refractivity contribution in [2.45, 2.75) is 18.9 Å². The number of hydrogen-bond donors (Lipinski definition) is 4. The smallest absolute Gasteiger partial charge is 0.335 e. The number of carboxylic acid groups (broad SMARTS) is 1. The van der Waals surface area contributed by atoms with Crippen LogP contribution in [0, 0.1) is 0 Å². The van der Waals surface area contributed by atoms with Crippen molar-refractivity contribution >= 4 is 35.2 Å². The van der Waals surface area contributed by atoms with Crippen LogP contribution in [-0.2, 0) is 4.79 Å². The summed E-state index contributed by atoms with van der Waals surface area (Å²) in [5, 5.41) is 16.6. The fraction of sp³-hybridized carbons (Fsp3) is 0.308. The summed E-state index contributed by atoms with van der Waals surface area (Å²) in [7, 11) is 0. The zero-order chi connectivity index (χ0) is 15.4. The molecule has 1 aliphatic rings. The third-order valence-corrected chi connectivity index (χ3v) is 3.37. The van der Waals surface area contributed by atoms with Crippen LogP contribution >= 0.6 is 11.6 Å². The van der Waals surface area contributed by atoms with E-state index in [4.69, 9.17) is 16.7 Å². The molecule has 3 amide bonds. The number of amides is 3. The molecule has 2 rings (SSSR count). The Kier molecular flexibility index (Phi) is 4.64. The zero-order valence-corrected chi connectivity index (χ0v) is 11.7. The van der Waals surface area contributed by atoms with E-state index in [1.807, 2.05) is 0 Å². The molecule has 1 aliphatic heterocycles. The second-order valence-corrected chi connectivity index (χ2v) is 4.99. The van der Waals surface area contributed by atoms with Crippen molar-refractivity contribution in [2.24, 2.45) is 0 Å². The van der Waals surface area contributed by atoms with Crippen LogP contribution in [0.3, 0.4) is 0 Å². The van der Waals surface area contributed by atoms with Gasteiger partial charge >= 0.3 is 12.0 Å². The van der Waals surface area contributed by atoms with Crippen LogP contribution in [0.4, 0.5) is 10.5 Å². The number of nitrogens with one attached hydrogen (secondary N) is 3. The Balaban J connectivity index is 1.99. The number of benzene rings is 1. The monoisotopic (exact) mass is 311 g/mol. The van der Waals surface area contributed by atoms with E-state index < -0.39 is 18.0 Å². The number of urea groups is 1. The fourth-order valence-corrected chi connectivity index (χ4v) is 2.20. The number of carbonyl (C=O) groups excluding carboxylic acids is 2. The molecule has 0 saturated carbocycles. The van der Waals surface area contributed by atoms with Gasteiger partial charge in [0.15, 0.2) is 0 Å². The van der Waals surface area contributed by atoms with Crippen LogP contribution < -0.4 is 16.0 Å². The van der Waals surface area contributed by atoms with E-state index in [-0.39, 0.29) is 22.2 Å². The molecular formula is C13H14ClN3O4. The molecule has 0 bridgehead atoms. The van der Waals surface area contributed by atoms with Gasteiger partial charge in [0, 0.05) is 6.54 Å². The number of piperidine rings is 1. The van der Waals surface area contributed by atoms with Crippen molar-refractivity contribution < 1.29 is 19.5 Å². The highest BCUT2D eigenvalue weighted by Crippen LogP contribution is 2.23. The minimum atomic E-state index is -1.10. The van der Waals surface area contributed by atoms with Crippen molar-refractivity contribution in [1.82, 2.24) is 10.6 Å². The largest absolute Gasteiger partial charge is 0.478 e.